The minimum atomic E-state index is -0.409. The van der Waals surface area contributed by atoms with Gasteiger partial charge in [0.25, 0.3) is 0 Å². The zero-order valence-corrected chi connectivity index (χ0v) is 11.3. The van der Waals surface area contributed by atoms with Crippen molar-refractivity contribution in [3.8, 4) is 0 Å². The molecule has 6 heteroatoms. The smallest absolute Gasteiger partial charge is 0.236 e. The van der Waals surface area contributed by atoms with Crippen molar-refractivity contribution >= 4 is 28.3 Å². The molecule has 1 saturated carbocycles. The number of benzene rings is 1. The average Bonchev–Trinajstić information content (AvgIpc) is 3.10. The molecule has 0 bridgehead atoms. The predicted molar refractivity (Wildman–Crippen MR) is 75.0 cm³/mol. The number of hydrogen-bond acceptors (Lipinski definition) is 5. The number of nitrogens with zero attached hydrogens (tertiary/aromatic N) is 2. The van der Waals surface area contributed by atoms with E-state index in [0.29, 0.717) is 16.6 Å². The molecule has 0 saturated heterocycles. The molecule has 1 fully saturated rings. The van der Waals surface area contributed by atoms with Crippen LogP contribution < -0.4 is 11.1 Å². The Balaban J connectivity index is 1.81. The van der Waals surface area contributed by atoms with Gasteiger partial charge >= 0.3 is 0 Å². The lowest BCUT2D eigenvalue weighted by atomic mass is 9.95. The van der Waals surface area contributed by atoms with Crippen molar-refractivity contribution in [1.29, 1.82) is 0 Å². The summed E-state index contributed by atoms with van der Waals surface area (Å²) in [4.78, 5) is 16.5. The van der Waals surface area contributed by atoms with Gasteiger partial charge in [0, 0.05) is 17.2 Å². The molecule has 5 nitrogen and oxygen atoms in total. The molecule has 0 spiro atoms. The number of aryl methyl sites for hydroxylation is 1. The lowest BCUT2D eigenvalue weighted by Gasteiger charge is -2.14. The van der Waals surface area contributed by atoms with Gasteiger partial charge in [0.1, 0.15) is 5.82 Å². The largest absolute Gasteiger partial charge is 0.399 e. The van der Waals surface area contributed by atoms with Crippen LogP contribution in [0.5, 0.6) is 0 Å². The number of nitrogens with one attached hydrogen (secondary N) is 1. The molecule has 1 aromatic carbocycles. The molecule has 3 rings (SSSR count). The van der Waals surface area contributed by atoms with Crippen LogP contribution in [0, 0.1) is 6.92 Å². The Morgan fingerprint density at radius 2 is 2.05 bits per heavy atom. The van der Waals surface area contributed by atoms with Crippen LogP contribution in [0.1, 0.15) is 24.2 Å². The Kier molecular flexibility index (Phi) is 2.74. The fourth-order valence-corrected chi connectivity index (χ4v) is 2.71. The van der Waals surface area contributed by atoms with Crippen LogP contribution in [0.15, 0.2) is 24.3 Å². The van der Waals surface area contributed by atoms with Crippen molar-refractivity contribution in [2.24, 2.45) is 0 Å². The van der Waals surface area contributed by atoms with E-state index in [2.05, 4.69) is 14.7 Å². The Bertz CT molecular complexity index is 616. The van der Waals surface area contributed by atoms with Gasteiger partial charge in [-0.2, -0.15) is 4.37 Å². The summed E-state index contributed by atoms with van der Waals surface area (Å²) >= 11 is 1.21. The van der Waals surface area contributed by atoms with Crippen LogP contribution in [-0.2, 0) is 10.2 Å². The van der Waals surface area contributed by atoms with E-state index in [1.807, 2.05) is 24.3 Å². The van der Waals surface area contributed by atoms with Crippen LogP contribution in [0.4, 0.5) is 10.8 Å². The van der Waals surface area contributed by atoms with Gasteiger partial charge in [-0.25, -0.2) is 4.98 Å². The molecular formula is C13H14N4OS. The van der Waals surface area contributed by atoms with Gasteiger partial charge in [0.05, 0.1) is 5.41 Å². The third-order valence-corrected chi connectivity index (χ3v) is 4.12. The molecular weight excluding hydrogens is 260 g/mol. The molecule has 1 aromatic heterocycles. The first kappa shape index (κ1) is 12.1. The number of aromatic nitrogens is 2. The highest BCUT2D eigenvalue weighted by atomic mass is 32.1. The van der Waals surface area contributed by atoms with Crippen molar-refractivity contribution in [1.82, 2.24) is 9.36 Å². The van der Waals surface area contributed by atoms with E-state index in [9.17, 15) is 4.79 Å². The highest BCUT2D eigenvalue weighted by Gasteiger charge is 2.51. The monoisotopic (exact) mass is 274 g/mol. The highest BCUT2D eigenvalue weighted by molar-refractivity contribution is 7.09. The molecule has 19 heavy (non-hydrogen) atoms. The van der Waals surface area contributed by atoms with E-state index in [0.717, 1.165) is 18.4 Å². The second-order valence-corrected chi connectivity index (χ2v) is 5.56. The predicted octanol–water partition coefficient (Wildman–Crippen LogP) is 2.10. The first-order valence-electron chi connectivity index (χ1n) is 6.08. The Labute approximate surface area is 115 Å². The maximum Gasteiger partial charge on any atom is 0.236 e. The standard InChI is InChI=1S/C13H14N4OS/c1-8-15-12(19-17-8)16-11(18)13(6-7-13)9-2-4-10(14)5-3-9/h2-5H,6-7,14H2,1H3,(H,15,16,17,18). The lowest BCUT2D eigenvalue weighted by molar-refractivity contribution is -0.118. The van der Waals surface area contributed by atoms with Gasteiger partial charge in [-0.05, 0) is 37.5 Å². The molecule has 1 heterocycles. The Morgan fingerprint density at radius 3 is 2.58 bits per heavy atom. The summed E-state index contributed by atoms with van der Waals surface area (Å²) in [6.07, 6.45) is 1.72. The van der Waals surface area contributed by atoms with Gasteiger partial charge in [-0.15, -0.1) is 0 Å². The second kappa shape index (κ2) is 4.31. The first-order chi connectivity index (χ1) is 9.10. The fraction of sp³-hybridized carbons (Fsp3) is 0.308. The number of carbonyl (C=O) groups excluding carboxylic acids is 1. The molecule has 98 valence electrons. The quantitative estimate of drug-likeness (QED) is 0.840. The second-order valence-electron chi connectivity index (χ2n) is 4.80. The van der Waals surface area contributed by atoms with Gasteiger partial charge in [-0.3, -0.25) is 10.1 Å². The molecule has 0 radical (unpaired) electrons. The average molecular weight is 274 g/mol. The molecule has 0 atom stereocenters. The summed E-state index contributed by atoms with van der Waals surface area (Å²) in [7, 11) is 0. The third-order valence-electron chi connectivity index (χ3n) is 3.40. The summed E-state index contributed by atoms with van der Waals surface area (Å²) in [5.74, 6) is 0.672. The number of nitrogen functional groups attached to an aromatic ring is 1. The molecule has 0 unspecified atom stereocenters. The molecule has 1 aliphatic rings. The normalized spacial score (nSPS) is 16.1. The molecule has 0 aliphatic heterocycles. The van der Waals surface area contributed by atoms with Crippen molar-refractivity contribution < 1.29 is 4.79 Å². The minimum absolute atomic E-state index is 0.00609. The van der Waals surface area contributed by atoms with E-state index in [-0.39, 0.29) is 5.91 Å². The lowest BCUT2D eigenvalue weighted by Crippen LogP contribution is -2.27. The van der Waals surface area contributed by atoms with Crippen LogP contribution in [0.2, 0.25) is 0 Å². The molecule has 2 aromatic rings. The summed E-state index contributed by atoms with van der Waals surface area (Å²) in [6.45, 7) is 1.80. The number of nitrogens with two attached hydrogens (primary N) is 1. The number of carbonyl (C=O) groups is 1. The SMILES string of the molecule is Cc1nsc(NC(=O)C2(c3ccc(N)cc3)CC2)n1. The van der Waals surface area contributed by atoms with E-state index in [1.54, 1.807) is 6.92 Å². The van der Waals surface area contributed by atoms with Gasteiger partial charge in [0.2, 0.25) is 11.0 Å². The topological polar surface area (TPSA) is 80.9 Å². The van der Waals surface area contributed by atoms with Crippen LogP contribution in [-0.4, -0.2) is 15.3 Å². The zero-order chi connectivity index (χ0) is 13.5. The maximum absolute atomic E-state index is 12.4. The molecule has 1 amide bonds. The summed E-state index contributed by atoms with van der Waals surface area (Å²) < 4.78 is 4.06. The van der Waals surface area contributed by atoms with Crippen molar-refractivity contribution in [2.45, 2.75) is 25.2 Å². The number of hydrogen-bond donors (Lipinski definition) is 2. The fourth-order valence-electron chi connectivity index (χ4n) is 2.14. The first-order valence-corrected chi connectivity index (χ1v) is 6.85. The molecule has 3 N–H and O–H groups in total. The maximum atomic E-state index is 12.4. The van der Waals surface area contributed by atoms with Gasteiger partial charge < -0.3 is 5.73 Å². The van der Waals surface area contributed by atoms with E-state index in [4.69, 9.17) is 5.73 Å². The van der Waals surface area contributed by atoms with E-state index < -0.39 is 5.41 Å². The Hall–Kier alpha value is -1.95. The highest BCUT2D eigenvalue weighted by Crippen LogP contribution is 2.49. The van der Waals surface area contributed by atoms with Crippen LogP contribution >= 0.6 is 11.5 Å². The Morgan fingerprint density at radius 1 is 1.37 bits per heavy atom. The van der Waals surface area contributed by atoms with E-state index in [1.165, 1.54) is 11.5 Å². The number of anilines is 2. The zero-order valence-electron chi connectivity index (χ0n) is 10.5. The summed E-state index contributed by atoms with van der Waals surface area (Å²) in [6, 6.07) is 7.51. The molecule has 1 aliphatic carbocycles. The van der Waals surface area contributed by atoms with Crippen molar-refractivity contribution in [2.75, 3.05) is 11.1 Å². The number of amides is 1. The summed E-state index contributed by atoms with van der Waals surface area (Å²) in [5, 5.41) is 3.41. The van der Waals surface area contributed by atoms with Crippen LogP contribution in [0.25, 0.3) is 0 Å². The van der Waals surface area contributed by atoms with Gasteiger partial charge in [0.15, 0.2) is 0 Å². The van der Waals surface area contributed by atoms with Gasteiger partial charge in [-0.1, -0.05) is 12.1 Å². The number of rotatable bonds is 3. The minimum Gasteiger partial charge on any atom is -0.399 e. The van der Waals surface area contributed by atoms with E-state index >= 15 is 0 Å². The summed E-state index contributed by atoms with van der Waals surface area (Å²) in [5.41, 5.74) is 6.99. The van der Waals surface area contributed by atoms with Crippen molar-refractivity contribution in [3.63, 3.8) is 0 Å². The van der Waals surface area contributed by atoms with Crippen molar-refractivity contribution in [3.05, 3.63) is 35.7 Å². The van der Waals surface area contributed by atoms with Crippen LogP contribution in [0.3, 0.4) is 0 Å². The third kappa shape index (κ3) is 2.19.